The van der Waals surface area contributed by atoms with Crippen molar-refractivity contribution in [3.63, 3.8) is 0 Å². The van der Waals surface area contributed by atoms with E-state index in [0.29, 0.717) is 12.1 Å². The lowest BCUT2D eigenvalue weighted by Crippen LogP contribution is -2.52. The minimum absolute atomic E-state index is 0.592. The molecule has 2 heterocycles. The van der Waals surface area contributed by atoms with Gasteiger partial charge in [-0.25, -0.2) is 4.99 Å². The number of nitrogens with zero attached hydrogens (tertiary/aromatic N) is 4. The van der Waals surface area contributed by atoms with Crippen molar-refractivity contribution >= 4 is 5.84 Å². The SMILES string of the molecule is CCC1(c2ccccn2)N=C(N(C)C)C(C)(C)N1[O]. The molecule has 1 unspecified atom stereocenters. The Balaban J connectivity index is 2.59. The zero-order valence-corrected chi connectivity index (χ0v) is 12.2. The zero-order valence-electron chi connectivity index (χ0n) is 12.2. The lowest BCUT2D eigenvalue weighted by Gasteiger charge is -2.35. The van der Waals surface area contributed by atoms with E-state index in [1.807, 2.05) is 58.0 Å². The summed E-state index contributed by atoms with van der Waals surface area (Å²) in [5.41, 5.74) is -0.862. The first-order chi connectivity index (χ1) is 8.86. The number of hydrogen-bond acceptors (Lipinski definition) is 4. The second-order valence-electron chi connectivity index (χ2n) is 5.57. The predicted molar refractivity (Wildman–Crippen MR) is 73.9 cm³/mol. The van der Waals surface area contributed by atoms with Gasteiger partial charge in [0.2, 0.25) is 0 Å². The van der Waals surface area contributed by atoms with E-state index < -0.39 is 11.2 Å². The Morgan fingerprint density at radius 1 is 1.32 bits per heavy atom. The third kappa shape index (κ3) is 1.93. The summed E-state index contributed by atoms with van der Waals surface area (Å²) in [6, 6.07) is 5.61. The molecule has 0 aromatic carbocycles. The molecule has 5 nitrogen and oxygen atoms in total. The van der Waals surface area contributed by atoms with E-state index in [9.17, 15) is 5.21 Å². The van der Waals surface area contributed by atoms with Crippen LogP contribution in [0, 0.1) is 0 Å². The maximum Gasteiger partial charge on any atom is 0.183 e. The van der Waals surface area contributed by atoms with Crippen LogP contribution < -0.4 is 0 Å². The number of hydrogen-bond donors (Lipinski definition) is 0. The number of aromatic nitrogens is 1. The highest BCUT2D eigenvalue weighted by molar-refractivity contribution is 5.92. The Morgan fingerprint density at radius 2 is 2.00 bits per heavy atom. The van der Waals surface area contributed by atoms with Gasteiger partial charge in [0, 0.05) is 20.3 Å². The lowest BCUT2D eigenvalue weighted by atomic mass is 9.98. The number of amidine groups is 1. The molecule has 103 valence electrons. The summed E-state index contributed by atoms with van der Waals surface area (Å²) in [5, 5.41) is 13.9. The molecule has 2 rings (SSSR count). The summed E-state index contributed by atoms with van der Waals surface area (Å²) in [4.78, 5) is 11.0. The number of pyridine rings is 1. The molecule has 0 saturated carbocycles. The van der Waals surface area contributed by atoms with Gasteiger partial charge in [-0.3, -0.25) is 4.98 Å². The van der Waals surface area contributed by atoms with Crippen LogP contribution in [0.1, 0.15) is 32.9 Å². The summed E-state index contributed by atoms with van der Waals surface area (Å²) in [6.45, 7) is 5.77. The molecule has 0 amide bonds. The van der Waals surface area contributed by atoms with Crippen LogP contribution in [0.3, 0.4) is 0 Å². The Labute approximate surface area is 114 Å². The molecule has 1 aliphatic heterocycles. The fourth-order valence-electron chi connectivity index (χ4n) is 2.72. The van der Waals surface area contributed by atoms with Crippen molar-refractivity contribution in [3.05, 3.63) is 30.1 Å². The van der Waals surface area contributed by atoms with E-state index in [-0.39, 0.29) is 0 Å². The van der Waals surface area contributed by atoms with Crippen molar-refractivity contribution < 1.29 is 5.21 Å². The van der Waals surface area contributed by atoms with E-state index in [1.165, 1.54) is 0 Å². The first-order valence-corrected chi connectivity index (χ1v) is 6.53. The first kappa shape index (κ1) is 14.0. The van der Waals surface area contributed by atoms with Gasteiger partial charge in [-0.15, -0.1) is 10.3 Å². The molecule has 0 spiro atoms. The Bertz CT molecular complexity index is 483. The van der Waals surface area contributed by atoms with Crippen LogP contribution in [-0.2, 0) is 10.9 Å². The minimum Gasteiger partial charge on any atom is -0.365 e. The summed E-state index contributed by atoms with van der Waals surface area (Å²) in [5.74, 6) is 0.787. The summed E-state index contributed by atoms with van der Waals surface area (Å²) < 4.78 is 0. The van der Waals surface area contributed by atoms with Gasteiger partial charge in [-0.2, -0.15) is 0 Å². The molecule has 1 aromatic rings. The van der Waals surface area contributed by atoms with E-state index >= 15 is 0 Å². The third-order valence-corrected chi connectivity index (χ3v) is 3.67. The van der Waals surface area contributed by atoms with E-state index in [1.54, 1.807) is 6.20 Å². The highest BCUT2D eigenvalue weighted by Crippen LogP contribution is 2.43. The van der Waals surface area contributed by atoms with Gasteiger partial charge in [-0.1, -0.05) is 13.0 Å². The molecule has 0 fully saturated rings. The molecule has 1 aromatic heterocycles. The van der Waals surface area contributed by atoms with Crippen LogP contribution in [0.15, 0.2) is 29.4 Å². The molecule has 19 heavy (non-hydrogen) atoms. The van der Waals surface area contributed by atoms with Crippen LogP contribution >= 0.6 is 0 Å². The van der Waals surface area contributed by atoms with E-state index in [2.05, 4.69) is 4.98 Å². The monoisotopic (exact) mass is 261 g/mol. The van der Waals surface area contributed by atoms with Crippen LogP contribution in [0.2, 0.25) is 0 Å². The summed E-state index contributed by atoms with van der Waals surface area (Å²) in [7, 11) is 3.83. The Hall–Kier alpha value is -1.46. The van der Waals surface area contributed by atoms with E-state index in [0.717, 1.165) is 10.9 Å². The Morgan fingerprint density at radius 3 is 2.42 bits per heavy atom. The number of likely N-dealkylation sites (N-methyl/N-ethyl adjacent to an activating group) is 1. The predicted octanol–water partition coefficient (Wildman–Crippen LogP) is 2.04. The molecule has 0 aliphatic carbocycles. The van der Waals surface area contributed by atoms with Crippen molar-refractivity contribution in [1.29, 1.82) is 0 Å². The molecule has 0 saturated heterocycles. The van der Waals surface area contributed by atoms with Gasteiger partial charge >= 0.3 is 0 Å². The maximum absolute atomic E-state index is 12.8. The fourth-order valence-corrected chi connectivity index (χ4v) is 2.72. The van der Waals surface area contributed by atoms with E-state index in [4.69, 9.17) is 4.99 Å². The van der Waals surface area contributed by atoms with Gasteiger partial charge in [0.25, 0.3) is 0 Å². The second-order valence-corrected chi connectivity index (χ2v) is 5.57. The van der Waals surface area contributed by atoms with Crippen molar-refractivity contribution in [3.8, 4) is 0 Å². The first-order valence-electron chi connectivity index (χ1n) is 6.53. The van der Waals surface area contributed by atoms with Gasteiger partial charge in [0.15, 0.2) is 5.66 Å². The van der Waals surface area contributed by atoms with Crippen LogP contribution in [0.5, 0.6) is 0 Å². The molecule has 1 aliphatic rings. The molecule has 0 N–H and O–H groups in total. The lowest BCUT2D eigenvalue weighted by molar-refractivity contribution is -0.257. The zero-order chi connectivity index (χ0) is 14.3. The maximum atomic E-state index is 12.8. The van der Waals surface area contributed by atoms with Crippen molar-refractivity contribution in [1.82, 2.24) is 14.9 Å². The van der Waals surface area contributed by atoms with Crippen LogP contribution in [0.25, 0.3) is 0 Å². The summed E-state index contributed by atoms with van der Waals surface area (Å²) >= 11 is 0. The number of rotatable bonds is 2. The quantitative estimate of drug-likeness (QED) is 0.818. The average molecular weight is 261 g/mol. The summed E-state index contributed by atoms with van der Waals surface area (Å²) in [6.07, 6.45) is 2.30. The molecule has 5 heteroatoms. The highest BCUT2D eigenvalue weighted by Gasteiger charge is 2.55. The third-order valence-electron chi connectivity index (χ3n) is 3.67. The molecular formula is C14H21N4O. The molecule has 0 bridgehead atoms. The van der Waals surface area contributed by atoms with Gasteiger partial charge in [0.05, 0.1) is 5.69 Å². The minimum atomic E-state index is -0.912. The van der Waals surface area contributed by atoms with Gasteiger partial charge in [0.1, 0.15) is 11.4 Å². The molecule has 1 radical (unpaired) electrons. The fraction of sp³-hybridized carbons (Fsp3) is 0.571. The molecular weight excluding hydrogens is 240 g/mol. The van der Waals surface area contributed by atoms with Crippen LogP contribution in [0.4, 0.5) is 0 Å². The molecule has 1 atom stereocenters. The van der Waals surface area contributed by atoms with Crippen LogP contribution in [-0.4, -0.2) is 40.4 Å². The van der Waals surface area contributed by atoms with Gasteiger partial charge in [-0.05, 0) is 32.4 Å². The van der Waals surface area contributed by atoms with Crippen molar-refractivity contribution in [2.45, 2.75) is 38.4 Å². The largest absolute Gasteiger partial charge is 0.365 e. The van der Waals surface area contributed by atoms with Crippen molar-refractivity contribution in [2.75, 3.05) is 14.1 Å². The number of aliphatic imine (C=N–C) groups is 1. The second kappa shape index (κ2) is 4.58. The van der Waals surface area contributed by atoms with Crippen molar-refractivity contribution in [2.24, 2.45) is 4.99 Å². The number of hydroxylamine groups is 2. The smallest absolute Gasteiger partial charge is 0.183 e. The average Bonchev–Trinajstić information content (AvgIpc) is 2.60. The normalized spacial score (nSPS) is 26.3. The highest BCUT2D eigenvalue weighted by atomic mass is 16.5. The topological polar surface area (TPSA) is 51.6 Å². The Kier molecular flexibility index (Phi) is 3.36. The standard InChI is InChI=1S/C14H21N4O/c1-6-14(11-9-7-8-10-15-11)16-12(17(4)5)13(2,3)18(14)19/h7-10H,6H2,1-5H3. The van der Waals surface area contributed by atoms with Gasteiger partial charge < -0.3 is 4.90 Å².